The first kappa shape index (κ1) is 13.1. The lowest BCUT2D eigenvalue weighted by Gasteiger charge is -2.27. The molecule has 1 aromatic carbocycles. The molecule has 0 heterocycles. The highest BCUT2D eigenvalue weighted by atomic mass is 16.5. The predicted octanol–water partition coefficient (Wildman–Crippen LogP) is 2.64. The molecule has 1 aliphatic rings. The van der Waals surface area contributed by atoms with Crippen LogP contribution in [0.2, 0.25) is 0 Å². The molecule has 1 saturated carbocycles. The second-order valence-corrected chi connectivity index (χ2v) is 5.06. The normalized spacial score (nSPS) is 23.6. The Morgan fingerprint density at radius 3 is 2.67 bits per heavy atom. The van der Waals surface area contributed by atoms with E-state index in [-0.39, 0.29) is 12.0 Å². The minimum Gasteiger partial charge on any atom is -0.461 e. The van der Waals surface area contributed by atoms with Crippen LogP contribution in [0.15, 0.2) is 30.3 Å². The van der Waals surface area contributed by atoms with Crippen LogP contribution >= 0.6 is 0 Å². The van der Waals surface area contributed by atoms with E-state index in [2.05, 4.69) is 0 Å². The summed E-state index contributed by atoms with van der Waals surface area (Å²) in [6.45, 7) is 0.363. The van der Waals surface area contributed by atoms with Crippen molar-refractivity contribution >= 4 is 5.97 Å². The number of ether oxygens (including phenoxy) is 1. The highest BCUT2D eigenvalue weighted by Crippen LogP contribution is 2.26. The monoisotopic (exact) mass is 247 g/mol. The molecule has 3 nitrogen and oxygen atoms in total. The Morgan fingerprint density at radius 1 is 1.22 bits per heavy atom. The summed E-state index contributed by atoms with van der Waals surface area (Å²) in [7, 11) is 0. The summed E-state index contributed by atoms with van der Waals surface area (Å²) in [4.78, 5) is 11.8. The van der Waals surface area contributed by atoms with Gasteiger partial charge >= 0.3 is 5.97 Å². The molecule has 1 aliphatic carbocycles. The third-order valence-electron chi connectivity index (χ3n) is 3.64. The van der Waals surface area contributed by atoms with Crippen LogP contribution in [0, 0.1) is 5.92 Å². The number of hydrogen-bond donors (Lipinski definition) is 1. The summed E-state index contributed by atoms with van der Waals surface area (Å²) in [5.74, 6) is 0.184. The van der Waals surface area contributed by atoms with Gasteiger partial charge in [0.05, 0.1) is 0 Å². The SMILES string of the molecule is NC1CCCCC1CC(=O)OCc1ccccc1. The van der Waals surface area contributed by atoms with Gasteiger partial charge in [0.25, 0.3) is 0 Å². The fourth-order valence-electron chi connectivity index (χ4n) is 2.50. The highest BCUT2D eigenvalue weighted by molar-refractivity contribution is 5.69. The minimum absolute atomic E-state index is 0.124. The van der Waals surface area contributed by atoms with Crippen molar-refractivity contribution in [1.82, 2.24) is 0 Å². The van der Waals surface area contributed by atoms with Gasteiger partial charge in [0, 0.05) is 12.5 Å². The zero-order valence-corrected chi connectivity index (χ0v) is 10.7. The molecule has 0 aliphatic heterocycles. The maximum Gasteiger partial charge on any atom is 0.306 e. The zero-order valence-electron chi connectivity index (χ0n) is 10.7. The van der Waals surface area contributed by atoms with E-state index in [9.17, 15) is 4.79 Å². The molecule has 2 atom stereocenters. The molecule has 0 bridgehead atoms. The van der Waals surface area contributed by atoms with Gasteiger partial charge in [-0.3, -0.25) is 4.79 Å². The Hall–Kier alpha value is -1.35. The third kappa shape index (κ3) is 3.84. The molecule has 3 heteroatoms. The lowest BCUT2D eigenvalue weighted by Crippen LogP contribution is -2.34. The van der Waals surface area contributed by atoms with Crippen LogP contribution in [0.1, 0.15) is 37.7 Å². The first-order valence-electron chi connectivity index (χ1n) is 6.71. The molecule has 0 spiro atoms. The van der Waals surface area contributed by atoms with E-state index in [0.29, 0.717) is 18.9 Å². The lowest BCUT2D eigenvalue weighted by molar-refractivity contribution is -0.146. The van der Waals surface area contributed by atoms with E-state index in [0.717, 1.165) is 18.4 Å². The largest absolute Gasteiger partial charge is 0.461 e. The van der Waals surface area contributed by atoms with Crippen LogP contribution in [0.3, 0.4) is 0 Å². The summed E-state index contributed by atoms with van der Waals surface area (Å²) >= 11 is 0. The summed E-state index contributed by atoms with van der Waals surface area (Å²) in [5, 5.41) is 0. The molecule has 98 valence electrons. The van der Waals surface area contributed by atoms with Gasteiger partial charge in [-0.25, -0.2) is 0 Å². The van der Waals surface area contributed by atoms with Crippen molar-refractivity contribution in [2.75, 3.05) is 0 Å². The predicted molar refractivity (Wildman–Crippen MR) is 70.8 cm³/mol. The maximum absolute atomic E-state index is 11.8. The van der Waals surface area contributed by atoms with Gasteiger partial charge in [0.15, 0.2) is 0 Å². The molecule has 2 N–H and O–H groups in total. The van der Waals surface area contributed by atoms with Gasteiger partial charge in [0.1, 0.15) is 6.61 Å². The van der Waals surface area contributed by atoms with Crippen LogP contribution < -0.4 is 5.73 Å². The summed E-state index contributed by atoms with van der Waals surface area (Å²) in [6.07, 6.45) is 4.94. The smallest absolute Gasteiger partial charge is 0.306 e. The highest BCUT2D eigenvalue weighted by Gasteiger charge is 2.24. The lowest BCUT2D eigenvalue weighted by atomic mass is 9.83. The van der Waals surface area contributed by atoms with Crippen molar-refractivity contribution in [3.05, 3.63) is 35.9 Å². The molecule has 1 fully saturated rings. The van der Waals surface area contributed by atoms with Crippen molar-refractivity contribution in [2.45, 2.75) is 44.8 Å². The Labute approximate surface area is 108 Å². The Balaban J connectivity index is 1.75. The number of carbonyl (C=O) groups is 1. The van der Waals surface area contributed by atoms with Crippen LogP contribution in [0.4, 0.5) is 0 Å². The number of nitrogens with two attached hydrogens (primary N) is 1. The average molecular weight is 247 g/mol. The van der Waals surface area contributed by atoms with Crippen LogP contribution in [-0.4, -0.2) is 12.0 Å². The Morgan fingerprint density at radius 2 is 1.94 bits per heavy atom. The average Bonchev–Trinajstić information content (AvgIpc) is 2.40. The molecule has 1 aromatic rings. The molecule has 0 radical (unpaired) electrons. The van der Waals surface area contributed by atoms with Gasteiger partial charge < -0.3 is 10.5 Å². The standard InChI is InChI=1S/C15H21NO2/c16-14-9-5-4-8-13(14)10-15(17)18-11-12-6-2-1-3-7-12/h1-3,6-7,13-14H,4-5,8-11,16H2. The van der Waals surface area contributed by atoms with Crippen LogP contribution in [0.25, 0.3) is 0 Å². The topological polar surface area (TPSA) is 52.3 Å². The van der Waals surface area contributed by atoms with E-state index in [1.807, 2.05) is 30.3 Å². The fraction of sp³-hybridized carbons (Fsp3) is 0.533. The van der Waals surface area contributed by atoms with E-state index in [1.54, 1.807) is 0 Å². The summed E-state index contributed by atoms with van der Waals surface area (Å²) < 4.78 is 5.28. The summed E-state index contributed by atoms with van der Waals surface area (Å²) in [6, 6.07) is 9.93. The first-order valence-corrected chi connectivity index (χ1v) is 6.71. The minimum atomic E-state index is -0.124. The van der Waals surface area contributed by atoms with E-state index in [4.69, 9.17) is 10.5 Å². The van der Waals surface area contributed by atoms with E-state index >= 15 is 0 Å². The number of carbonyl (C=O) groups excluding carboxylic acids is 1. The second kappa shape index (κ2) is 6.55. The zero-order chi connectivity index (χ0) is 12.8. The molecule has 0 saturated heterocycles. The van der Waals surface area contributed by atoms with Gasteiger partial charge in [-0.05, 0) is 24.3 Å². The molecule has 0 amide bonds. The number of hydrogen-bond acceptors (Lipinski definition) is 3. The van der Waals surface area contributed by atoms with Crippen molar-refractivity contribution in [1.29, 1.82) is 0 Å². The molecule has 2 unspecified atom stereocenters. The van der Waals surface area contributed by atoms with Gasteiger partial charge in [-0.15, -0.1) is 0 Å². The van der Waals surface area contributed by atoms with Gasteiger partial charge in [-0.1, -0.05) is 43.2 Å². The van der Waals surface area contributed by atoms with E-state index in [1.165, 1.54) is 12.8 Å². The Bertz CT molecular complexity index is 377. The first-order chi connectivity index (χ1) is 8.75. The number of rotatable bonds is 4. The van der Waals surface area contributed by atoms with Gasteiger partial charge in [-0.2, -0.15) is 0 Å². The van der Waals surface area contributed by atoms with Crippen molar-refractivity contribution in [2.24, 2.45) is 11.7 Å². The second-order valence-electron chi connectivity index (χ2n) is 5.06. The number of esters is 1. The quantitative estimate of drug-likeness (QED) is 0.832. The molecule has 18 heavy (non-hydrogen) atoms. The van der Waals surface area contributed by atoms with Crippen molar-refractivity contribution in [3.63, 3.8) is 0 Å². The molecule has 0 aromatic heterocycles. The molecular formula is C15H21NO2. The number of benzene rings is 1. The van der Waals surface area contributed by atoms with Gasteiger partial charge in [0.2, 0.25) is 0 Å². The summed E-state index contributed by atoms with van der Waals surface area (Å²) in [5.41, 5.74) is 7.05. The third-order valence-corrected chi connectivity index (χ3v) is 3.64. The molecule has 2 rings (SSSR count). The van der Waals surface area contributed by atoms with Crippen LogP contribution in [0.5, 0.6) is 0 Å². The molecular weight excluding hydrogens is 226 g/mol. The Kier molecular flexibility index (Phi) is 4.76. The van der Waals surface area contributed by atoms with Crippen molar-refractivity contribution < 1.29 is 9.53 Å². The van der Waals surface area contributed by atoms with E-state index < -0.39 is 0 Å². The fourth-order valence-corrected chi connectivity index (χ4v) is 2.50. The van der Waals surface area contributed by atoms with Crippen molar-refractivity contribution in [3.8, 4) is 0 Å². The maximum atomic E-state index is 11.8. The van der Waals surface area contributed by atoms with Crippen LogP contribution in [-0.2, 0) is 16.1 Å².